The lowest BCUT2D eigenvalue weighted by Crippen LogP contribution is -2.37. The van der Waals surface area contributed by atoms with Gasteiger partial charge < -0.3 is 9.84 Å². The maximum atomic E-state index is 10.0. The fourth-order valence-electron chi connectivity index (χ4n) is 2.94. The van der Waals surface area contributed by atoms with Gasteiger partial charge in [-0.05, 0) is 38.5 Å². The van der Waals surface area contributed by atoms with E-state index in [0.29, 0.717) is 6.10 Å². The molecule has 4 atom stereocenters. The number of aliphatic hydroxyl groups excluding tert-OH is 1. The van der Waals surface area contributed by atoms with Gasteiger partial charge in [0, 0.05) is 0 Å². The minimum Gasteiger partial charge on any atom is -0.390 e. The Morgan fingerprint density at radius 3 is 2.61 bits per heavy atom. The standard InChI is InChI=1S/C16H32O2/c1-4-6-7-8-9-13(3)18-16-12-14(5-2)10-11-15(16)17/h13-17H,4-12H2,1-3H3. The molecule has 0 aliphatic heterocycles. The van der Waals surface area contributed by atoms with E-state index < -0.39 is 0 Å². The van der Waals surface area contributed by atoms with Crippen molar-refractivity contribution in [2.45, 2.75) is 96.9 Å². The zero-order valence-corrected chi connectivity index (χ0v) is 12.5. The first kappa shape index (κ1) is 16.0. The molecule has 18 heavy (non-hydrogen) atoms. The van der Waals surface area contributed by atoms with Gasteiger partial charge in [-0.2, -0.15) is 0 Å². The Balaban J connectivity index is 2.22. The summed E-state index contributed by atoms with van der Waals surface area (Å²) in [5, 5.41) is 10.0. The summed E-state index contributed by atoms with van der Waals surface area (Å²) in [5.41, 5.74) is 0. The maximum Gasteiger partial charge on any atom is 0.0840 e. The first-order valence-electron chi connectivity index (χ1n) is 8.00. The molecular formula is C16H32O2. The second kappa shape index (κ2) is 8.92. The maximum absolute atomic E-state index is 10.0. The summed E-state index contributed by atoms with van der Waals surface area (Å²) in [4.78, 5) is 0. The fraction of sp³-hybridized carbons (Fsp3) is 1.00. The van der Waals surface area contributed by atoms with Crippen LogP contribution in [0.3, 0.4) is 0 Å². The van der Waals surface area contributed by atoms with Gasteiger partial charge in [0.25, 0.3) is 0 Å². The third kappa shape index (κ3) is 5.71. The highest BCUT2D eigenvalue weighted by Crippen LogP contribution is 2.30. The lowest BCUT2D eigenvalue weighted by atomic mass is 9.84. The van der Waals surface area contributed by atoms with Crippen LogP contribution in [-0.4, -0.2) is 23.4 Å². The molecule has 108 valence electrons. The van der Waals surface area contributed by atoms with E-state index in [0.717, 1.165) is 25.2 Å². The Bertz CT molecular complexity index is 205. The summed E-state index contributed by atoms with van der Waals surface area (Å²) < 4.78 is 6.07. The zero-order chi connectivity index (χ0) is 13.4. The highest BCUT2D eigenvalue weighted by Gasteiger charge is 2.29. The molecule has 0 amide bonds. The Morgan fingerprint density at radius 1 is 1.17 bits per heavy atom. The molecule has 2 heteroatoms. The van der Waals surface area contributed by atoms with Crippen LogP contribution >= 0.6 is 0 Å². The summed E-state index contributed by atoms with van der Waals surface area (Å²) in [7, 11) is 0. The third-order valence-electron chi connectivity index (χ3n) is 4.31. The molecular weight excluding hydrogens is 224 g/mol. The molecule has 1 aliphatic carbocycles. The largest absolute Gasteiger partial charge is 0.390 e. The van der Waals surface area contributed by atoms with Crippen LogP contribution in [0.15, 0.2) is 0 Å². The lowest BCUT2D eigenvalue weighted by molar-refractivity contribution is -0.101. The van der Waals surface area contributed by atoms with E-state index in [1.54, 1.807) is 0 Å². The highest BCUT2D eigenvalue weighted by atomic mass is 16.5. The van der Waals surface area contributed by atoms with Crippen molar-refractivity contribution in [3.8, 4) is 0 Å². The van der Waals surface area contributed by atoms with Crippen LogP contribution in [0.25, 0.3) is 0 Å². The van der Waals surface area contributed by atoms with Gasteiger partial charge in [0.15, 0.2) is 0 Å². The summed E-state index contributed by atoms with van der Waals surface area (Å²) in [5.74, 6) is 0.755. The van der Waals surface area contributed by atoms with Crippen molar-refractivity contribution in [3.05, 3.63) is 0 Å². The van der Waals surface area contributed by atoms with Gasteiger partial charge in [-0.25, -0.2) is 0 Å². The topological polar surface area (TPSA) is 29.5 Å². The minimum atomic E-state index is -0.231. The second-order valence-corrected chi connectivity index (χ2v) is 5.99. The molecule has 0 spiro atoms. The normalized spacial score (nSPS) is 30.3. The summed E-state index contributed by atoms with van der Waals surface area (Å²) in [6, 6.07) is 0. The molecule has 1 saturated carbocycles. The Kier molecular flexibility index (Phi) is 7.92. The van der Waals surface area contributed by atoms with Crippen LogP contribution in [0.5, 0.6) is 0 Å². The van der Waals surface area contributed by atoms with Crippen molar-refractivity contribution in [3.63, 3.8) is 0 Å². The molecule has 0 aromatic heterocycles. The van der Waals surface area contributed by atoms with Crippen LogP contribution in [0.1, 0.15) is 78.6 Å². The smallest absolute Gasteiger partial charge is 0.0840 e. The van der Waals surface area contributed by atoms with E-state index in [9.17, 15) is 5.11 Å². The van der Waals surface area contributed by atoms with Gasteiger partial charge in [0.05, 0.1) is 18.3 Å². The molecule has 1 rings (SSSR count). The van der Waals surface area contributed by atoms with E-state index in [-0.39, 0.29) is 12.2 Å². The SMILES string of the molecule is CCCCCCC(C)OC1CC(CC)CCC1O. The van der Waals surface area contributed by atoms with E-state index >= 15 is 0 Å². The monoisotopic (exact) mass is 256 g/mol. The van der Waals surface area contributed by atoms with Gasteiger partial charge in [0.2, 0.25) is 0 Å². The molecule has 1 N–H and O–H groups in total. The lowest BCUT2D eigenvalue weighted by Gasteiger charge is -2.34. The minimum absolute atomic E-state index is 0.0878. The number of hydrogen-bond acceptors (Lipinski definition) is 2. The molecule has 1 aliphatic rings. The number of aliphatic hydroxyl groups is 1. The van der Waals surface area contributed by atoms with Crippen molar-refractivity contribution in [1.29, 1.82) is 0 Å². The van der Waals surface area contributed by atoms with Crippen LogP contribution < -0.4 is 0 Å². The molecule has 0 aromatic rings. The number of rotatable bonds is 8. The molecule has 0 bridgehead atoms. The third-order valence-corrected chi connectivity index (χ3v) is 4.31. The van der Waals surface area contributed by atoms with E-state index in [4.69, 9.17) is 4.74 Å². The van der Waals surface area contributed by atoms with Crippen molar-refractivity contribution < 1.29 is 9.84 Å². The van der Waals surface area contributed by atoms with E-state index in [2.05, 4.69) is 20.8 Å². The molecule has 1 fully saturated rings. The quantitative estimate of drug-likeness (QED) is 0.656. The Morgan fingerprint density at radius 2 is 1.94 bits per heavy atom. The fourth-order valence-corrected chi connectivity index (χ4v) is 2.94. The first-order valence-corrected chi connectivity index (χ1v) is 8.00. The number of unbranched alkanes of at least 4 members (excludes halogenated alkanes) is 3. The molecule has 4 unspecified atom stereocenters. The molecule has 0 saturated heterocycles. The summed E-state index contributed by atoms with van der Waals surface area (Å²) in [6.07, 6.45) is 10.9. The molecule has 0 radical (unpaired) electrons. The summed E-state index contributed by atoms with van der Waals surface area (Å²) in [6.45, 7) is 6.64. The Labute approximate surface area is 113 Å². The number of hydrogen-bond donors (Lipinski definition) is 1. The van der Waals surface area contributed by atoms with Crippen molar-refractivity contribution >= 4 is 0 Å². The van der Waals surface area contributed by atoms with Crippen molar-refractivity contribution in [2.24, 2.45) is 5.92 Å². The van der Waals surface area contributed by atoms with Gasteiger partial charge in [-0.15, -0.1) is 0 Å². The molecule has 2 nitrogen and oxygen atoms in total. The molecule has 0 heterocycles. The average Bonchev–Trinajstić information content (AvgIpc) is 2.37. The van der Waals surface area contributed by atoms with Gasteiger partial charge in [0.1, 0.15) is 0 Å². The van der Waals surface area contributed by atoms with Gasteiger partial charge in [-0.3, -0.25) is 0 Å². The Hall–Kier alpha value is -0.0800. The number of ether oxygens (including phenoxy) is 1. The van der Waals surface area contributed by atoms with Crippen molar-refractivity contribution in [2.75, 3.05) is 0 Å². The van der Waals surface area contributed by atoms with Crippen LogP contribution in [0, 0.1) is 5.92 Å². The summed E-state index contributed by atoms with van der Waals surface area (Å²) >= 11 is 0. The predicted octanol–water partition coefficient (Wildman–Crippen LogP) is 4.30. The van der Waals surface area contributed by atoms with Crippen LogP contribution in [0.2, 0.25) is 0 Å². The van der Waals surface area contributed by atoms with E-state index in [1.165, 1.54) is 38.5 Å². The predicted molar refractivity (Wildman–Crippen MR) is 76.7 cm³/mol. The first-order chi connectivity index (χ1) is 8.67. The average molecular weight is 256 g/mol. The van der Waals surface area contributed by atoms with Gasteiger partial charge >= 0.3 is 0 Å². The highest BCUT2D eigenvalue weighted by molar-refractivity contribution is 4.80. The molecule has 0 aromatic carbocycles. The van der Waals surface area contributed by atoms with Crippen LogP contribution in [-0.2, 0) is 4.74 Å². The second-order valence-electron chi connectivity index (χ2n) is 5.99. The van der Waals surface area contributed by atoms with Gasteiger partial charge in [-0.1, -0.05) is 46.0 Å². The van der Waals surface area contributed by atoms with Crippen molar-refractivity contribution in [1.82, 2.24) is 0 Å². The zero-order valence-electron chi connectivity index (χ0n) is 12.5. The van der Waals surface area contributed by atoms with Crippen LogP contribution in [0.4, 0.5) is 0 Å². The van der Waals surface area contributed by atoms with E-state index in [1.807, 2.05) is 0 Å².